The highest BCUT2D eigenvalue weighted by Gasteiger charge is 2.14. The number of amides is 1. The molecule has 22 heavy (non-hydrogen) atoms. The van der Waals surface area contributed by atoms with Gasteiger partial charge in [-0.25, -0.2) is 0 Å². The Morgan fingerprint density at radius 3 is 3.05 bits per heavy atom. The van der Waals surface area contributed by atoms with E-state index in [0.717, 1.165) is 34.3 Å². The third kappa shape index (κ3) is 2.42. The van der Waals surface area contributed by atoms with Gasteiger partial charge in [-0.3, -0.25) is 4.79 Å². The smallest absolute Gasteiger partial charge is 0.251 e. The van der Waals surface area contributed by atoms with Crippen LogP contribution in [0.4, 0.5) is 0 Å². The third-order valence-corrected chi connectivity index (χ3v) is 4.28. The van der Waals surface area contributed by atoms with Crippen LogP contribution in [0, 0.1) is 0 Å². The minimum atomic E-state index is -0.0776. The molecule has 0 saturated carbocycles. The summed E-state index contributed by atoms with van der Waals surface area (Å²) < 4.78 is 13.8. The molecule has 0 spiro atoms. The van der Waals surface area contributed by atoms with Gasteiger partial charge in [0.15, 0.2) is 0 Å². The summed E-state index contributed by atoms with van der Waals surface area (Å²) in [4.78, 5) is 12.3. The molecular formula is C16H13N3O2S. The molecule has 0 atom stereocenters. The molecule has 0 unspecified atom stereocenters. The first kappa shape index (κ1) is 13.2. The van der Waals surface area contributed by atoms with Crippen LogP contribution in [0.3, 0.4) is 0 Å². The van der Waals surface area contributed by atoms with Gasteiger partial charge in [0.1, 0.15) is 16.8 Å². The van der Waals surface area contributed by atoms with Crippen molar-refractivity contribution >= 4 is 28.7 Å². The van der Waals surface area contributed by atoms with Gasteiger partial charge in [-0.1, -0.05) is 6.07 Å². The molecule has 6 heteroatoms. The molecule has 4 rings (SSSR count). The average Bonchev–Trinajstić information content (AvgIpc) is 3.19. The van der Waals surface area contributed by atoms with E-state index >= 15 is 0 Å². The first-order chi connectivity index (χ1) is 10.8. The van der Waals surface area contributed by atoms with Crippen molar-refractivity contribution in [2.24, 2.45) is 0 Å². The normalized spacial score (nSPS) is 12.9. The number of nitrogens with zero attached hydrogens (tertiary/aromatic N) is 2. The summed E-state index contributed by atoms with van der Waals surface area (Å²) >= 11 is 1.19. The van der Waals surface area contributed by atoms with Gasteiger partial charge < -0.3 is 10.1 Å². The summed E-state index contributed by atoms with van der Waals surface area (Å²) in [6, 6.07) is 11.4. The summed E-state index contributed by atoms with van der Waals surface area (Å²) in [5.41, 5.74) is 4.53. The van der Waals surface area contributed by atoms with E-state index in [0.29, 0.717) is 18.7 Å². The monoisotopic (exact) mass is 311 g/mol. The van der Waals surface area contributed by atoms with Crippen LogP contribution < -0.4 is 10.1 Å². The van der Waals surface area contributed by atoms with Crippen molar-refractivity contribution in [3.05, 3.63) is 53.1 Å². The Labute approximate surface area is 131 Å². The Morgan fingerprint density at radius 1 is 1.18 bits per heavy atom. The topological polar surface area (TPSA) is 64.1 Å². The highest BCUT2D eigenvalue weighted by atomic mass is 32.1. The number of carbonyl (C=O) groups excluding carboxylic acids is 1. The molecule has 2 heterocycles. The standard InChI is InChI=1S/C16H13N3O2S/c20-16(12-2-4-15-11(8-12)5-6-21-15)17-9-10-1-3-13-14(7-10)19-22-18-13/h1-4,7-8H,5-6,9H2,(H,17,20). The van der Waals surface area contributed by atoms with E-state index in [1.54, 1.807) is 6.07 Å². The number of aromatic nitrogens is 2. The van der Waals surface area contributed by atoms with Crippen LogP contribution in [0.1, 0.15) is 21.5 Å². The Morgan fingerprint density at radius 2 is 2.09 bits per heavy atom. The van der Waals surface area contributed by atoms with Gasteiger partial charge in [0.2, 0.25) is 0 Å². The summed E-state index contributed by atoms with van der Waals surface area (Å²) in [5, 5.41) is 2.94. The lowest BCUT2D eigenvalue weighted by molar-refractivity contribution is 0.0951. The Hall–Kier alpha value is -2.47. The molecule has 1 aromatic heterocycles. The number of hydrogen-bond donors (Lipinski definition) is 1. The summed E-state index contributed by atoms with van der Waals surface area (Å²) in [6.45, 7) is 1.17. The van der Waals surface area contributed by atoms with Gasteiger partial charge in [-0.2, -0.15) is 8.75 Å². The largest absolute Gasteiger partial charge is 0.493 e. The van der Waals surface area contributed by atoms with Crippen LogP contribution in [-0.4, -0.2) is 21.3 Å². The van der Waals surface area contributed by atoms with Gasteiger partial charge in [-0.05, 0) is 41.5 Å². The van der Waals surface area contributed by atoms with E-state index in [2.05, 4.69) is 14.1 Å². The SMILES string of the molecule is O=C(NCc1ccc2nsnc2c1)c1ccc2c(c1)CCO2. The Bertz CT molecular complexity index is 859. The van der Waals surface area contributed by atoms with Crippen molar-refractivity contribution in [2.45, 2.75) is 13.0 Å². The fraction of sp³-hybridized carbons (Fsp3) is 0.188. The minimum Gasteiger partial charge on any atom is -0.493 e. The molecule has 1 aliphatic heterocycles. The molecule has 2 aromatic carbocycles. The van der Waals surface area contributed by atoms with Crippen molar-refractivity contribution in [1.29, 1.82) is 0 Å². The van der Waals surface area contributed by atoms with E-state index in [9.17, 15) is 4.79 Å². The summed E-state index contributed by atoms with van der Waals surface area (Å²) in [6.07, 6.45) is 0.865. The van der Waals surface area contributed by atoms with Crippen molar-refractivity contribution in [2.75, 3.05) is 6.61 Å². The van der Waals surface area contributed by atoms with Crippen LogP contribution in [0.15, 0.2) is 36.4 Å². The predicted molar refractivity (Wildman–Crippen MR) is 84.2 cm³/mol. The molecule has 5 nitrogen and oxygen atoms in total. The molecule has 0 bridgehead atoms. The Kier molecular flexibility index (Phi) is 3.23. The maximum atomic E-state index is 12.3. The van der Waals surface area contributed by atoms with Crippen LogP contribution in [0.5, 0.6) is 5.75 Å². The lowest BCUT2D eigenvalue weighted by atomic mass is 10.1. The molecule has 0 fully saturated rings. The molecule has 0 aliphatic carbocycles. The number of carbonyl (C=O) groups is 1. The molecule has 1 amide bonds. The fourth-order valence-corrected chi connectivity index (χ4v) is 3.07. The lowest BCUT2D eigenvalue weighted by Gasteiger charge is -2.07. The number of fused-ring (bicyclic) bond motifs is 2. The zero-order valence-electron chi connectivity index (χ0n) is 11.7. The van der Waals surface area contributed by atoms with Crippen molar-refractivity contribution in [3.8, 4) is 5.75 Å². The van der Waals surface area contributed by atoms with Crippen LogP contribution in [0.25, 0.3) is 11.0 Å². The van der Waals surface area contributed by atoms with E-state index in [4.69, 9.17) is 4.74 Å². The first-order valence-corrected chi connectivity index (χ1v) is 7.78. The molecule has 0 radical (unpaired) electrons. The van der Waals surface area contributed by atoms with Gasteiger partial charge in [-0.15, -0.1) is 0 Å². The zero-order chi connectivity index (χ0) is 14.9. The highest BCUT2D eigenvalue weighted by molar-refractivity contribution is 7.00. The van der Waals surface area contributed by atoms with Gasteiger partial charge in [0.05, 0.1) is 18.3 Å². The molecular weight excluding hydrogens is 298 g/mol. The number of rotatable bonds is 3. The first-order valence-electron chi connectivity index (χ1n) is 7.05. The van der Waals surface area contributed by atoms with Crippen LogP contribution >= 0.6 is 11.7 Å². The fourth-order valence-electron chi connectivity index (χ4n) is 2.55. The maximum absolute atomic E-state index is 12.3. The van der Waals surface area contributed by atoms with E-state index in [-0.39, 0.29) is 5.91 Å². The van der Waals surface area contributed by atoms with E-state index in [1.165, 1.54) is 11.7 Å². The van der Waals surface area contributed by atoms with E-state index in [1.807, 2.05) is 30.3 Å². The van der Waals surface area contributed by atoms with Crippen LogP contribution in [0.2, 0.25) is 0 Å². The minimum absolute atomic E-state index is 0.0776. The number of benzene rings is 2. The molecule has 3 aromatic rings. The van der Waals surface area contributed by atoms with Gasteiger partial charge in [0.25, 0.3) is 5.91 Å². The number of nitrogens with one attached hydrogen (secondary N) is 1. The Balaban J connectivity index is 1.47. The third-order valence-electron chi connectivity index (χ3n) is 3.72. The second kappa shape index (κ2) is 5.38. The highest BCUT2D eigenvalue weighted by Crippen LogP contribution is 2.25. The summed E-state index contributed by atoms with van der Waals surface area (Å²) in [5.74, 6) is 0.809. The summed E-state index contributed by atoms with van der Waals surface area (Å²) in [7, 11) is 0. The average molecular weight is 311 g/mol. The quantitative estimate of drug-likeness (QED) is 0.807. The second-order valence-electron chi connectivity index (χ2n) is 5.19. The number of hydrogen-bond acceptors (Lipinski definition) is 5. The van der Waals surface area contributed by atoms with Crippen molar-refractivity contribution in [1.82, 2.24) is 14.1 Å². The van der Waals surface area contributed by atoms with Crippen molar-refractivity contribution < 1.29 is 9.53 Å². The maximum Gasteiger partial charge on any atom is 0.251 e. The van der Waals surface area contributed by atoms with Gasteiger partial charge in [0, 0.05) is 18.5 Å². The van der Waals surface area contributed by atoms with Crippen molar-refractivity contribution in [3.63, 3.8) is 0 Å². The molecule has 110 valence electrons. The zero-order valence-corrected chi connectivity index (χ0v) is 12.5. The number of ether oxygens (including phenoxy) is 1. The van der Waals surface area contributed by atoms with Crippen LogP contribution in [-0.2, 0) is 13.0 Å². The molecule has 1 aliphatic rings. The molecule has 0 saturated heterocycles. The van der Waals surface area contributed by atoms with Gasteiger partial charge >= 0.3 is 0 Å². The van der Waals surface area contributed by atoms with E-state index < -0.39 is 0 Å². The molecule has 1 N–H and O–H groups in total. The lowest BCUT2D eigenvalue weighted by Crippen LogP contribution is -2.22. The predicted octanol–water partition coefficient (Wildman–Crippen LogP) is 2.56. The second-order valence-corrected chi connectivity index (χ2v) is 5.72.